The molecule has 1 aromatic rings. The molecular formula is C8H3F6NO2. The van der Waals surface area contributed by atoms with E-state index in [1.54, 1.807) is 0 Å². The number of carbonyl (C=O) groups is 1. The van der Waals surface area contributed by atoms with E-state index in [1.807, 2.05) is 0 Å². The smallest absolute Gasteiger partial charge is 0.405 e. The molecule has 0 bridgehead atoms. The van der Waals surface area contributed by atoms with Crippen LogP contribution in [0.1, 0.15) is 22.5 Å². The molecule has 0 unspecified atom stereocenters. The minimum atomic E-state index is -5.28. The maximum Gasteiger partial charge on any atom is 0.573 e. The predicted molar refractivity (Wildman–Crippen MR) is 41.2 cm³/mol. The second kappa shape index (κ2) is 4.60. The first-order chi connectivity index (χ1) is 7.74. The van der Waals surface area contributed by atoms with Crippen LogP contribution in [-0.4, -0.2) is 17.6 Å². The second-order valence-electron chi connectivity index (χ2n) is 2.72. The van der Waals surface area contributed by atoms with Gasteiger partial charge in [0.1, 0.15) is 17.0 Å². The number of aldehydes is 1. The van der Waals surface area contributed by atoms with Gasteiger partial charge in [0.2, 0.25) is 5.95 Å². The van der Waals surface area contributed by atoms with Crippen LogP contribution in [0.3, 0.4) is 0 Å². The van der Waals surface area contributed by atoms with Crippen molar-refractivity contribution in [1.29, 1.82) is 0 Å². The number of carbonyl (C=O) groups excluding carboxylic acids is 1. The van der Waals surface area contributed by atoms with Crippen molar-refractivity contribution in [2.24, 2.45) is 0 Å². The lowest BCUT2D eigenvalue weighted by Crippen LogP contribution is -2.19. The summed E-state index contributed by atoms with van der Waals surface area (Å²) in [5.41, 5.74) is -2.43. The summed E-state index contributed by atoms with van der Waals surface area (Å²) in [5, 5.41) is 0. The zero-order chi connectivity index (χ0) is 13.2. The van der Waals surface area contributed by atoms with E-state index in [2.05, 4.69) is 9.72 Å². The number of halogens is 6. The standard InChI is InChI=1S/C8H3F6NO2/c9-6(10)5-4(17-8(12,13)14)1-3(2-16)15-7(5)11/h1-2,6H. The molecule has 0 aromatic carbocycles. The Balaban J connectivity index is 3.32. The highest BCUT2D eigenvalue weighted by atomic mass is 19.4. The Hall–Kier alpha value is -1.80. The zero-order valence-electron chi connectivity index (χ0n) is 7.76. The number of nitrogens with zero attached hydrogens (tertiary/aromatic N) is 1. The molecule has 0 N–H and O–H groups in total. The topological polar surface area (TPSA) is 39.2 Å². The van der Waals surface area contributed by atoms with E-state index in [-0.39, 0.29) is 12.4 Å². The van der Waals surface area contributed by atoms with Gasteiger partial charge in [0.15, 0.2) is 6.29 Å². The maximum absolute atomic E-state index is 12.9. The molecule has 1 heterocycles. The Morgan fingerprint density at radius 1 is 1.35 bits per heavy atom. The molecule has 0 saturated carbocycles. The van der Waals surface area contributed by atoms with Crippen molar-refractivity contribution >= 4 is 6.29 Å². The lowest BCUT2D eigenvalue weighted by molar-refractivity contribution is -0.275. The molecule has 0 aliphatic carbocycles. The largest absolute Gasteiger partial charge is 0.573 e. The molecule has 0 aliphatic rings. The van der Waals surface area contributed by atoms with E-state index < -0.39 is 35.7 Å². The fourth-order valence-corrected chi connectivity index (χ4v) is 0.987. The van der Waals surface area contributed by atoms with Gasteiger partial charge >= 0.3 is 6.36 Å². The average molecular weight is 259 g/mol. The van der Waals surface area contributed by atoms with Gasteiger partial charge in [-0.25, -0.2) is 13.8 Å². The first kappa shape index (κ1) is 13.3. The van der Waals surface area contributed by atoms with Crippen LogP contribution in [0.15, 0.2) is 6.07 Å². The summed E-state index contributed by atoms with van der Waals surface area (Å²) >= 11 is 0. The molecule has 0 radical (unpaired) electrons. The quantitative estimate of drug-likeness (QED) is 0.476. The van der Waals surface area contributed by atoms with Crippen molar-refractivity contribution in [3.63, 3.8) is 0 Å². The van der Waals surface area contributed by atoms with Gasteiger partial charge in [-0.2, -0.15) is 4.39 Å². The Labute approximate surface area is 90.0 Å². The normalized spacial score (nSPS) is 11.7. The van der Waals surface area contributed by atoms with Crippen LogP contribution in [0, 0.1) is 5.95 Å². The van der Waals surface area contributed by atoms with Crippen LogP contribution in [0.2, 0.25) is 0 Å². The Morgan fingerprint density at radius 2 is 1.94 bits per heavy atom. The number of hydrogen-bond donors (Lipinski definition) is 0. The van der Waals surface area contributed by atoms with Crippen LogP contribution in [0.5, 0.6) is 5.75 Å². The first-order valence-corrected chi connectivity index (χ1v) is 3.94. The van der Waals surface area contributed by atoms with Crippen LogP contribution >= 0.6 is 0 Å². The molecule has 0 fully saturated rings. The van der Waals surface area contributed by atoms with Gasteiger partial charge in [-0.05, 0) is 0 Å². The summed E-state index contributed by atoms with van der Waals surface area (Å²) in [7, 11) is 0. The monoisotopic (exact) mass is 259 g/mol. The third-order valence-corrected chi connectivity index (χ3v) is 1.56. The minimum Gasteiger partial charge on any atom is -0.405 e. The summed E-state index contributed by atoms with van der Waals surface area (Å²) in [6.07, 6.45) is -8.93. The van der Waals surface area contributed by atoms with Gasteiger partial charge in [0, 0.05) is 6.07 Å². The van der Waals surface area contributed by atoms with Crippen LogP contribution in [0.25, 0.3) is 0 Å². The van der Waals surface area contributed by atoms with Crippen molar-refractivity contribution in [3.8, 4) is 5.75 Å². The molecule has 0 aliphatic heterocycles. The minimum absolute atomic E-state index is 0.0957. The van der Waals surface area contributed by atoms with Gasteiger partial charge in [-0.1, -0.05) is 0 Å². The van der Waals surface area contributed by atoms with Crippen LogP contribution in [-0.2, 0) is 0 Å². The fourth-order valence-electron chi connectivity index (χ4n) is 0.987. The lowest BCUT2D eigenvalue weighted by atomic mass is 10.2. The number of rotatable bonds is 3. The molecule has 94 valence electrons. The maximum atomic E-state index is 12.9. The van der Waals surface area contributed by atoms with Crippen molar-refractivity contribution in [2.75, 3.05) is 0 Å². The van der Waals surface area contributed by atoms with E-state index >= 15 is 0 Å². The summed E-state index contributed by atoms with van der Waals surface area (Å²) in [5.74, 6) is -3.37. The summed E-state index contributed by atoms with van der Waals surface area (Å²) in [6.45, 7) is 0. The number of aromatic nitrogens is 1. The summed E-state index contributed by atoms with van der Waals surface area (Å²) in [6, 6.07) is 0.283. The molecule has 17 heavy (non-hydrogen) atoms. The SMILES string of the molecule is O=Cc1cc(OC(F)(F)F)c(C(F)F)c(F)n1. The van der Waals surface area contributed by atoms with E-state index in [0.717, 1.165) is 0 Å². The Morgan fingerprint density at radius 3 is 2.35 bits per heavy atom. The van der Waals surface area contributed by atoms with Gasteiger partial charge < -0.3 is 4.74 Å². The predicted octanol–water partition coefficient (Wildman–Crippen LogP) is 2.87. The molecule has 3 nitrogen and oxygen atoms in total. The number of hydrogen-bond acceptors (Lipinski definition) is 3. The van der Waals surface area contributed by atoms with E-state index in [4.69, 9.17) is 0 Å². The van der Waals surface area contributed by atoms with E-state index in [0.29, 0.717) is 0 Å². The molecule has 0 saturated heterocycles. The number of alkyl halides is 5. The first-order valence-electron chi connectivity index (χ1n) is 3.94. The second-order valence-corrected chi connectivity index (χ2v) is 2.72. The number of ether oxygens (including phenoxy) is 1. The Bertz CT molecular complexity index is 431. The van der Waals surface area contributed by atoms with Crippen LogP contribution in [0.4, 0.5) is 26.3 Å². The average Bonchev–Trinajstić information content (AvgIpc) is 2.13. The van der Waals surface area contributed by atoms with Crippen molar-refractivity contribution in [1.82, 2.24) is 4.98 Å². The van der Waals surface area contributed by atoms with Gasteiger partial charge in [-0.3, -0.25) is 4.79 Å². The zero-order valence-corrected chi connectivity index (χ0v) is 7.76. The highest BCUT2D eigenvalue weighted by Gasteiger charge is 2.35. The van der Waals surface area contributed by atoms with Gasteiger partial charge in [0.25, 0.3) is 6.43 Å². The van der Waals surface area contributed by atoms with Crippen LogP contribution < -0.4 is 4.74 Å². The molecule has 1 rings (SSSR count). The summed E-state index contributed by atoms with van der Waals surface area (Å²) < 4.78 is 76.3. The lowest BCUT2D eigenvalue weighted by Gasteiger charge is -2.13. The van der Waals surface area contributed by atoms with E-state index in [9.17, 15) is 31.1 Å². The van der Waals surface area contributed by atoms with Crippen molar-refractivity contribution in [2.45, 2.75) is 12.8 Å². The molecule has 9 heteroatoms. The third-order valence-electron chi connectivity index (χ3n) is 1.56. The highest BCUT2D eigenvalue weighted by molar-refractivity contribution is 5.72. The Kier molecular flexibility index (Phi) is 3.59. The third kappa shape index (κ3) is 3.33. The van der Waals surface area contributed by atoms with Gasteiger partial charge in [0.05, 0.1) is 0 Å². The van der Waals surface area contributed by atoms with Gasteiger partial charge in [-0.15, -0.1) is 13.2 Å². The van der Waals surface area contributed by atoms with Crippen molar-refractivity contribution in [3.05, 3.63) is 23.3 Å². The van der Waals surface area contributed by atoms with Crippen molar-refractivity contribution < 1.29 is 35.9 Å². The molecule has 1 aromatic heterocycles. The molecular weight excluding hydrogens is 256 g/mol. The molecule has 0 spiro atoms. The number of pyridine rings is 1. The molecule has 0 atom stereocenters. The fraction of sp³-hybridized carbons (Fsp3) is 0.250. The van der Waals surface area contributed by atoms with E-state index in [1.165, 1.54) is 0 Å². The highest BCUT2D eigenvalue weighted by Crippen LogP contribution is 2.34. The summed E-state index contributed by atoms with van der Waals surface area (Å²) in [4.78, 5) is 12.9. The molecule has 0 amide bonds.